The molecular weight excluding hydrogens is 344 g/mol. The Kier molecular flexibility index (Phi) is 7.76. The summed E-state index contributed by atoms with van der Waals surface area (Å²) in [5.41, 5.74) is 1.83. The van der Waals surface area contributed by atoms with Gasteiger partial charge in [0.05, 0.1) is 11.7 Å². The maximum absolute atomic E-state index is 12.1. The molecule has 0 unspecified atom stereocenters. The predicted octanol–water partition coefficient (Wildman–Crippen LogP) is 2.55. The first-order valence-electron chi connectivity index (χ1n) is 8.97. The monoisotopic (exact) mass is 370 g/mol. The van der Waals surface area contributed by atoms with Crippen LogP contribution in [-0.4, -0.2) is 29.5 Å². The lowest BCUT2D eigenvalue weighted by atomic mass is 10.1. The topological polar surface area (TPSA) is 92.4 Å². The summed E-state index contributed by atoms with van der Waals surface area (Å²) in [6, 6.07) is 12.2. The maximum Gasteiger partial charge on any atom is 0.321 e. The van der Waals surface area contributed by atoms with E-state index in [4.69, 9.17) is 4.74 Å². The zero-order chi connectivity index (χ0) is 19.6. The minimum Gasteiger partial charge on any atom is -0.487 e. The van der Waals surface area contributed by atoms with E-state index < -0.39 is 12.1 Å². The van der Waals surface area contributed by atoms with Gasteiger partial charge in [0.2, 0.25) is 5.91 Å². The average Bonchev–Trinajstić information content (AvgIpc) is 2.67. The first-order chi connectivity index (χ1) is 13.0. The molecule has 3 amide bonds. The highest BCUT2D eigenvalue weighted by atomic mass is 16.5. The summed E-state index contributed by atoms with van der Waals surface area (Å²) in [6.07, 6.45) is 1.73. The largest absolute Gasteiger partial charge is 0.487 e. The van der Waals surface area contributed by atoms with E-state index in [1.54, 1.807) is 20.0 Å². The van der Waals surface area contributed by atoms with Crippen LogP contribution < -0.4 is 20.7 Å². The molecule has 7 nitrogen and oxygen atoms in total. The van der Waals surface area contributed by atoms with Gasteiger partial charge < -0.3 is 10.1 Å². The van der Waals surface area contributed by atoms with Crippen LogP contribution in [0, 0.1) is 0 Å². The minimum atomic E-state index is -0.527. The molecule has 0 spiro atoms. The molecule has 2 rings (SSSR count). The van der Waals surface area contributed by atoms with Gasteiger partial charge in [0.15, 0.2) is 0 Å². The number of carbonyl (C=O) groups is 2. The van der Waals surface area contributed by atoms with Gasteiger partial charge >= 0.3 is 6.03 Å². The SMILES string of the molecule is CCNC(=O)NC(=O)[C@H](C)N[C@H](C)c1cccc(OCc2ccccn2)c1. The van der Waals surface area contributed by atoms with Crippen LogP contribution >= 0.6 is 0 Å². The molecule has 0 saturated heterocycles. The van der Waals surface area contributed by atoms with Crippen molar-refractivity contribution in [3.05, 3.63) is 59.9 Å². The van der Waals surface area contributed by atoms with Gasteiger partial charge in [-0.15, -0.1) is 0 Å². The Morgan fingerprint density at radius 1 is 1.15 bits per heavy atom. The van der Waals surface area contributed by atoms with Crippen molar-refractivity contribution in [1.82, 2.24) is 20.9 Å². The van der Waals surface area contributed by atoms with E-state index in [2.05, 4.69) is 20.9 Å². The van der Waals surface area contributed by atoms with Gasteiger partial charge in [-0.05, 0) is 50.6 Å². The number of rotatable bonds is 8. The van der Waals surface area contributed by atoms with E-state index in [0.29, 0.717) is 13.2 Å². The smallest absolute Gasteiger partial charge is 0.321 e. The number of carbonyl (C=O) groups excluding carboxylic acids is 2. The van der Waals surface area contributed by atoms with Gasteiger partial charge in [0, 0.05) is 18.8 Å². The van der Waals surface area contributed by atoms with Crippen molar-refractivity contribution in [2.75, 3.05) is 6.54 Å². The van der Waals surface area contributed by atoms with Crippen LogP contribution in [0.2, 0.25) is 0 Å². The zero-order valence-corrected chi connectivity index (χ0v) is 15.9. The normalized spacial score (nSPS) is 12.7. The number of hydrogen-bond acceptors (Lipinski definition) is 5. The van der Waals surface area contributed by atoms with E-state index in [9.17, 15) is 9.59 Å². The van der Waals surface area contributed by atoms with Crippen LogP contribution in [0.1, 0.15) is 38.1 Å². The lowest BCUT2D eigenvalue weighted by Crippen LogP contribution is -2.48. The quantitative estimate of drug-likeness (QED) is 0.664. The summed E-state index contributed by atoms with van der Waals surface area (Å²) in [6.45, 7) is 6.30. The molecule has 1 aromatic carbocycles. The molecule has 0 bridgehead atoms. The van der Waals surface area contributed by atoms with Crippen LogP contribution in [0.25, 0.3) is 0 Å². The summed E-state index contributed by atoms with van der Waals surface area (Å²) in [5, 5.41) is 8.02. The molecule has 1 heterocycles. The number of ether oxygens (including phenoxy) is 1. The number of benzene rings is 1. The van der Waals surface area contributed by atoms with Crippen molar-refractivity contribution in [1.29, 1.82) is 0 Å². The fourth-order valence-corrected chi connectivity index (χ4v) is 2.49. The van der Waals surface area contributed by atoms with Gasteiger partial charge in [-0.3, -0.25) is 20.4 Å². The number of pyridine rings is 1. The fraction of sp³-hybridized carbons (Fsp3) is 0.350. The van der Waals surface area contributed by atoms with Crippen molar-refractivity contribution in [2.24, 2.45) is 0 Å². The van der Waals surface area contributed by atoms with E-state index in [0.717, 1.165) is 17.0 Å². The Hall–Kier alpha value is -2.93. The highest BCUT2D eigenvalue weighted by Gasteiger charge is 2.18. The van der Waals surface area contributed by atoms with E-state index in [-0.39, 0.29) is 11.9 Å². The third-order valence-corrected chi connectivity index (χ3v) is 3.94. The molecule has 2 aromatic rings. The minimum absolute atomic E-state index is 0.0987. The molecule has 144 valence electrons. The second-order valence-electron chi connectivity index (χ2n) is 6.14. The zero-order valence-electron chi connectivity index (χ0n) is 15.9. The lowest BCUT2D eigenvalue weighted by molar-refractivity contribution is -0.121. The Labute approximate surface area is 159 Å². The number of hydrogen-bond donors (Lipinski definition) is 3. The van der Waals surface area contributed by atoms with Crippen LogP contribution in [0.5, 0.6) is 5.75 Å². The van der Waals surface area contributed by atoms with E-state index >= 15 is 0 Å². The van der Waals surface area contributed by atoms with Crippen molar-refractivity contribution >= 4 is 11.9 Å². The standard InChI is InChI=1S/C20H26N4O3/c1-4-21-20(26)24-19(25)15(3)23-14(2)16-8-7-10-18(12-16)27-13-17-9-5-6-11-22-17/h5-12,14-15,23H,4,13H2,1-3H3,(H2,21,24,25,26)/t14-,15+/m1/s1. The molecule has 0 aliphatic rings. The Balaban J connectivity index is 1.91. The van der Waals surface area contributed by atoms with Gasteiger partial charge in [0.1, 0.15) is 12.4 Å². The second kappa shape index (κ2) is 10.3. The van der Waals surface area contributed by atoms with Crippen molar-refractivity contribution in [2.45, 2.75) is 39.5 Å². The Morgan fingerprint density at radius 2 is 1.96 bits per heavy atom. The average molecular weight is 370 g/mol. The molecule has 0 aliphatic heterocycles. The molecule has 0 radical (unpaired) electrons. The molecule has 3 N–H and O–H groups in total. The van der Waals surface area contributed by atoms with E-state index in [1.807, 2.05) is 49.4 Å². The maximum atomic E-state index is 12.1. The molecule has 0 aliphatic carbocycles. The summed E-state index contributed by atoms with van der Waals surface area (Å²) in [5.74, 6) is 0.349. The fourth-order valence-electron chi connectivity index (χ4n) is 2.49. The molecule has 7 heteroatoms. The third-order valence-electron chi connectivity index (χ3n) is 3.94. The number of nitrogens with zero attached hydrogens (tertiary/aromatic N) is 1. The molecule has 1 aromatic heterocycles. The summed E-state index contributed by atoms with van der Waals surface area (Å²) in [7, 11) is 0. The van der Waals surface area contributed by atoms with Crippen molar-refractivity contribution in [3.63, 3.8) is 0 Å². The molecule has 27 heavy (non-hydrogen) atoms. The highest BCUT2D eigenvalue weighted by Crippen LogP contribution is 2.20. The van der Waals surface area contributed by atoms with Gasteiger partial charge in [-0.25, -0.2) is 4.79 Å². The van der Waals surface area contributed by atoms with Crippen LogP contribution in [0.3, 0.4) is 0 Å². The molecule has 0 saturated carbocycles. The van der Waals surface area contributed by atoms with E-state index in [1.165, 1.54) is 0 Å². The number of nitrogens with one attached hydrogen (secondary N) is 3. The number of aromatic nitrogens is 1. The Bertz CT molecular complexity index is 752. The van der Waals surface area contributed by atoms with Crippen molar-refractivity contribution < 1.29 is 14.3 Å². The Morgan fingerprint density at radius 3 is 2.67 bits per heavy atom. The highest BCUT2D eigenvalue weighted by molar-refractivity contribution is 5.96. The second-order valence-corrected chi connectivity index (χ2v) is 6.14. The van der Waals surface area contributed by atoms with Crippen LogP contribution in [0.4, 0.5) is 4.79 Å². The molecule has 0 fully saturated rings. The summed E-state index contributed by atoms with van der Waals surface area (Å²) < 4.78 is 5.79. The number of amides is 3. The third kappa shape index (κ3) is 6.71. The van der Waals surface area contributed by atoms with Crippen LogP contribution in [0.15, 0.2) is 48.7 Å². The number of urea groups is 1. The van der Waals surface area contributed by atoms with Gasteiger partial charge in [0.25, 0.3) is 0 Å². The van der Waals surface area contributed by atoms with Gasteiger partial charge in [-0.1, -0.05) is 18.2 Å². The van der Waals surface area contributed by atoms with Gasteiger partial charge in [-0.2, -0.15) is 0 Å². The summed E-state index contributed by atoms with van der Waals surface area (Å²) in [4.78, 5) is 27.7. The first kappa shape index (κ1) is 20.4. The predicted molar refractivity (Wildman–Crippen MR) is 103 cm³/mol. The van der Waals surface area contributed by atoms with Crippen LogP contribution in [-0.2, 0) is 11.4 Å². The molecule has 2 atom stereocenters. The number of imide groups is 1. The first-order valence-corrected chi connectivity index (χ1v) is 8.97. The summed E-state index contributed by atoms with van der Waals surface area (Å²) >= 11 is 0. The van der Waals surface area contributed by atoms with Crippen molar-refractivity contribution in [3.8, 4) is 5.75 Å². The lowest BCUT2D eigenvalue weighted by Gasteiger charge is -2.20. The molecular formula is C20H26N4O3.